The zero-order valence-corrected chi connectivity index (χ0v) is 14.3. The Morgan fingerprint density at radius 3 is 2.75 bits per heavy atom. The molecule has 0 aliphatic carbocycles. The monoisotopic (exact) mass is 347 g/mol. The maximum Gasteiger partial charge on any atom is 0.258 e. The van der Waals surface area contributed by atoms with Gasteiger partial charge >= 0.3 is 0 Å². The number of rotatable bonds is 4. The van der Waals surface area contributed by atoms with Crippen molar-refractivity contribution < 1.29 is 18.7 Å². The fraction of sp³-hybridized carbons (Fsp3) is 0.278. The third kappa shape index (κ3) is 3.19. The molecule has 1 unspecified atom stereocenters. The molecule has 0 bridgehead atoms. The highest BCUT2D eigenvalue weighted by Gasteiger charge is 2.32. The third-order valence-electron chi connectivity index (χ3n) is 3.92. The average molecular weight is 347 g/mol. The van der Waals surface area contributed by atoms with Gasteiger partial charge in [-0.3, -0.25) is 4.79 Å². The molecule has 1 aliphatic rings. The third-order valence-corrected chi connectivity index (χ3v) is 5.19. The van der Waals surface area contributed by atoms with Crippen LogP contribution in [0.15, 0.2) is 42.5 Å². The lowest BCUT2D eigenvalue weighted by atomic mass is 10.1. The van der Waals surface area contributed by atoms with Crippen molar-refractivity contribution in [2.45, 2.75) is 5.37 Å². The van der Waals surface area contributed by atoms with Crippen molar-refractivity contribution >= 4 is 17.7 Å². The molecule has 1 atom stereocenters. The summed E-state index contributed by atoms with van der Waals surface area (Å²) < 4.78 is 24.0. The van der Waals surface area contributed by atoms with Gasteiger partial charge in [-0.15, -0.1) is 11.8 Å². The molecule has 0 saturated carbocycles. The van der Waals surface area contributed by atoms with Crippen LogP contribution >= 0.6 is 11.8 Å². The van der Waals surface area contributed by atoms with Gasteiger partial charge in [-0.05, 0) is 29.8 Å². The van der Waals surface area contributed by atoms with Crippen molar-refractivity contribution in [3.63, 3.8) is 0 Å². The van der Waals surface area contributed by atoms with Gasteiger partial charge in [0.1, 0.15) is 22.7 Å². The van der Waals surface area contributed by atoms with E-state index in [1.54, 1.807) is 48.0 Å². The molecule has 4 nitrogen and oxygen atoms in total. The van der Waals surface area contributed by atoms with E-state index in [0.29, 0.717) is 23.6 Å². The summed E-state index contributed by atoms with van der Waals surface area (Å²) in [6, 6.07) is 11.5. The summed E-state index contributed by atoms with van der Waals surface area (Å²) in [5, 5.41) is -0.194. The number of carbonyl (C=O) groups is 1. The van der Waals surface area contributed by atoms with E-state index in [2.05, 4.69) is 0 Å². The normalized spacial score (nSPS) is 17.0. The van der Waals surface area contributed by atoms with Crippen LogP contribution in [0.3, 0.4) is 0 Å². The number of hydrogen-bond donors (Lipinski definition) is 0. The molecule has 2 aromatic carbocycles. The molecule has 1 aliphatic heterocycles. The van der Waals surface area contributed by atoms with Gasteiger partial charge in [-0.2, -0.15) is 0 Å². The van der Waals surface area contributed by atoms with Crippen LogP contribution in [0.5, 0.6) is 11.5 Å². The zero-order valence-electron chi connectivity index (χ0n) is 13.5. The molecule has 0 N–H and O–H groups in total. The number of ether oxygens (including phenoxy) is 2. The van der Waals surface area contributed by atoms with Gasteiger partial charge in [0.25, 0.3) is 5.91 Å². The summed E-state index contributed by atoms with van der Waals surface area (Å²) in [5.41, 5.74) is 1.26. The highest BCUT2D eigenvalue weighted by Crippen LogP contribution is 2.40. The fourth-order valence-corrected chi connectivity index (χ4v) is 3.99. The van der Waals surface area contributed by atoms with Gasteiger partial charge in [0.05, 0.1) is 19.8 Å². The van der Waals surface area contributed by atoms with Gasteiger partial charge in [0.2, 0.25) is 0 Å². The number of benzene rings is 2. The Morgan fingerprint density at radius 1 is 1.21 bits per heavy atom. The highest BCUT2D eigenvalue weighted by atomic mass is 32.2. The first kappa shape index (κ1) is 16.6. The van der Waals surface area contributed by atoms with Gasteiger partial charge < -0.3 is 14.4 Å². The first-order valence-electron chi connectivity index (χ1n) is 7.54. The lowest BCUT2D eigenvalue weighted by molar-refractivity contribution is 0.0756. The Bertz CT molecular complexity index is 753. The zero-order chi connectivity index (χ0) is 17.1. The second-order valence-corrected chi connectivity index (χ2v) is 6.53. The van der Waals surface area contributed by atoms with Crippen LogP contribution in [0.2, 0.25) is 0 Å². The molecule has 2 aromatic rings. The van der Waals surface area contributed by atoms with E-state index < -0.39 is 0 Å². The molecule has 0 radical (unpaired) electrons. The number of methoxy groups -OCH3 is 2. The Labute approximate surface area is 144 Å². The summed E-state index contributed by atoms with van der Waals surface area (Å²) in [5.74, 6) is 1.48. The molecule has 6 heteroatoms. The van der Waals surface area contributed by atoms with Crippen LogP contribution in [-0.4, -0.2) is 37.3 Å². The number of nitrogens with zero attached hydrogens (tertiary/aromatic N) is 1. The summed E-state index contributed by atoms with van der Waals surface area (Å²) in [6.45, 7) is 0.611. The topological polar surface area (TPSA) is 38.8 Å². The predicted molar refractivity (Wildman–Crippen MR) is 92.2 cm³/mol. The number of carbonyl (C=O) groups excluding carboxylic acids is 1. The standard InChI is InChI=1S/C18H18FNO3S/c1-22-14-6-7-15(16(11-14)23-2)17(21)20-8-9-24-18(20)12-4-3-5-13(19)10-12/h3-7,10-11,18H,8-9H2,1-2H3. The molecule has 0 spiro atoms. The van der Waals surface area contributed by atoms with Crippen LogP contribution in [0, 0.1) is 5.82 Å². The summed E-state index contributed by atoms with van der Waals surface area (Å²) >= 11 is 1.63. The lowest BCUT2D eigenvalue weighted by Gasteiger charge is -2.25. The minimum Gasteiger partial charge on any atom is -0.497 e. The van der Waals surface area contributed by atoms with E-state index in [9.17, 15) is 9.18 Å². The summed E-state index contributed by atoms with van der Waals surface area (Å²) in [4.78, 5) is 14.7. The van der Waals surface area contributed by atoms with Gasteiger partial charge in [0.15, 0.2) is 0 Å². The van der Waals surface area contributed by atoms with Crippen molar-refractivity contribution in [2.24, 2.45) is 0 Å². The molecule has 1 heterocycles. The SMILES string of the molecule is COc1ccc(C(=O)N2CCSC2c2cccc(F)c2)c(OC)c1. The van der Waals surface area contributed by atoms with E-state index in [0.717, 1.165) is 11.3 Å². The van der Waals surface area contributed by atoms with Crippen LogP contribution in [0.1, 0.15) is 21.3 Å². The first-order valence-corrected chi connectivity index (χ1v) is 8.59. The van der Waals surface area contributed by atoms with E-state index in [1.807, 2.05) is 6.07 Å². The molecule has 1 amide bonds. The smallest absolute Gasteiger partial charge is 0.258 e. The van der Waals surface area contributed by atoms with Crippen molar-refractivity contribution in [2.75, 3.05) is 26.5 Å². The summed E-state index contributed by atoms with van der Waals surface area (Å²) in [6.07, 6.45) is 0. The molecule has 3 rings (SSSR count). The van der Waals surface area contributed by atoms with Crippen molar-refractivity contribution in [3.05, 3.63) is 59.4 Å². The van der Waals surface area contributed by atoms with Crippen LogP contribution < -0.4 is 9.47 Å². The van der Waals surface area contributed by atoms with E-state index in [1.165, 1.54) is 19.2 Å². The summed E-state index contributed by atoms with van der Waals surface area (Å²) in [7, 11) is 3.09. The average Bonchev–Trinajstić information content (AvgIpc) is 3.10. The van der Waals surface area contributed by atoms with E-state index in [-0.39, 0.29) is 17.1 Å². The fourth-order valence-electron chi connectivity index (χ4n) is 2.74. The van der Waals surface area contributed by atoms with Gasteiger partial charge in [-0.25, -0.2) is 4.39 Å². The minimum absolute atomic E-state index is 0.131. The van der Waals surface area contributed by atoms with Crippen molar-refractivity contribution in [3.8, 4) is 11.5 Å². The van der Waals surface area contributed by atoms with E-state index >= 15 is 0 Å². The maximum absolute atomic E-state index is 13.5. The molecular weight excluding hydrogens is 329 g/mol. The van der Waals surface area contributed by atoms with Crippen LogP contribution in [0.4, 0.5) is 4.39 Å². The van der Waals surface area contributed by atoms with Crippen molar-refractivity contribution in [1.82, 2.24) is 4.90 Å². The van der Waals surface area contributed by atoms with Gasteiger partial charge in [-0.1, -0.05) is 12.1 Å². The number of thioether (sulfide) groups is 1. The second-order valence-electron chi connectivity index (χ2n) is 5.34. The van der Waals surface area contributed by atoms with Crippen LogP contribution in [-0.2, 0) is 0 Å². The largest absolute Gasteiger partial charge is 0.497 e. The van der Waals surface area contributed by atoms with Crippen molar-refractivity contribution in [1.29, 1.82) is 0 Å². The predicted octanol–water partition coefficient (Wildman–Crippen LogP) is 3.73. The minimum atomic E-state index is -0.297. The first-order chi connectivity index (χ1) is 11.6. The molecule has 1 saturated heterocycles. The Balaban J connectivity index is 1.91. The number of hydrogen-bond acceptors (Lipinski definition) is 4. The molecular formula is C18H18FNO3S. The van der Waals surface area contributed by atoms with E-state index in [4.69, 9.17) is 9.47 Å². The molecule has 126 valence electrons. The number of amides is 1. The maximum atomic E-state index is 13.5. The number of halogens is 1. The Kier molecular flexibility index (Phi) is 4.94. The second kappa shape index (κ2) is 7.13. The molecule has 1 fully saturated rings. The Morgan fingerprint density at radius 2 is 2.04 bits per heavy atom. The van der Waals surface area contributed by atoms with Crippen LogP contribution in [0.25, 0.3) is 0 Å². The Hall–Kier alpha value is -2.21. The lowest BCUT2D eigenvalue weighted by Crippen LogP contribution is -2.30. The molecule has 24 heavy (non-hydrogen) atoms. The quantitative estimate of drug-likeness (QED) is 0.845. The highest BCUT2D eigenvalue weighted by molar-refractivity contribution is 7.99. The molecule has 0 aromatic heterocycles. The van der Waals surface area contributed by atoms with Gasteiger partial charge in [0, 0.05) is 18.4 Å².